The van der Waals surface area contributed by atoms with Crippen molar-refractivity contribution >= 4 is 36.6 Å². The van der Waals surface area contributed by atoms with Crippen LogP contribution in [-0.2, 0) is 23.4 Å². The first-order valence-corrected chi connectivity index (χ1v) is 13.7. The maximum atomic E-state index is 15.3. The Morgan fingerprint density at radius 3 is 2.67 bits per heavy atom. The summed E-state index contributed by atoms with van der Waals surface area (Å²) < 4.78 is 52.3. The quantitative estimate of drug-likeness (QED) is 0.195. The van der Waals surface area contributed by atoms with Crippen LogP contribution in [0.2, 0.25) is 0 Å². The number of hydrogen-bond donors (Lipinski definition) is 4. The van der Waals surface area contributed by atoms with Gasteiger partial charge in [-0.25, -0.2) is 13.9 Å². The number of esters is 1. The monoisotopic (exact) mass is 567 g/mol. The zero-order valence-corrected chi connectivity index (χ0v) is 22.6. The van der Waals surface area contributed by atoms with Gasteiger partial charge in [0.05, 0.1) is 19.0 Å². The fourth-order valence-electron chi connectivity index (χ4n) is 3.87. The molecule has 1 aromatic carbocycles. The van der Waals surface area contributed by atoms with Gasteiger partial charge in [-0.2, -0.15) is 15.1 Å². The summed E-state index contributed by atoms with van der Waals surface area (Å²) >= 11 is 0. The van der Waals surface area contributed by atoms with Crippen LogP contribution in [0.1, 0.15) is 27.0 Å². The van der Waals surface area contributed by atoms with Crippen LogP contribution in [0.5, 0.6) is 5.75 Å². The van der Waals surface area contributed by atoms with Crippen molar-refractivity contribution in [2.24, 2.45) is 0 Å². The van der Waals surface area contributed by atoms with Crippen molar-refractivity contribution in [1.29, 1.82) is 0 Å². The van der Waals surface area contributed by atoms with E-state index in [0.717, 1.165) is 0 Å². The first-order valence-electron chi connectivity index (χ1n) is 12.1. The number of ether oxygens (including phenoxy) is 2. The Bertz CT molecular complexity index is 1350. The van der Waals surface area contributed by atoms with E-state index >= 15 is 4.39 Å². The van der Waals surface area contributed by atoms with Crippen molar-refractivity contribution in [2.45, 2.75) is 57.5 Å². The number of aliphatic hydroxyl groups excluding tert-OH is 1. The van der Waals surface area contributed by atoms with Gasteiger partial charge >= 0.3 is 13.7 Å². The molecule has 0 unspecified atom stereocenters. The maximum absolute atomic E-state index is 15.3. The van der Waals surface area contributed by atoms with E-state index in [1.807, 2.05) is 0 Å². The molecule has 0 amide bonds. The summed E-state index contributed by atoms with van der Waals surface area (Å²) in [6.45, 7) is 4.23. The summed E-state index contributed by atoms with van der Waals surface area (Å²) in [6, 6.07) is 7.05. The van der Waals surface area contributed by atoms with Gasteiger partial charge in [-0.15, -0.1) is 0 Å². The molecule has 39 heavy (non-hydrogen) atoms. The molecule has 212 valence electrons. The average Bonchev–Trinajstić information content (AvgIpc) is 3.42. The fourth-order valence-corrected chi connectivity index (χ4v) is 5.37. The van der Waals surface area contributed by atoms with Gasteiger partial charge in [-0.05, 0) is 32.9 Å². The SMILES string of the molecule is CNc1nc(N)nc2c1ncn2[C@@H]1O[C@H](CO[P@](=O)(N[C@@H](C)C(=O)OC(C)C)Oc2ccccc2)[C@@H](O)[C@H]1F. The molecule has 1 aliphatic rings. The third kappa shape index (κ3) is 6.45. The van der Waals surface area contributed by atoms with Gasteiger partial charge in [0.1, 0.15) is 24.0 Å². The highest BCUT2D eigenvalue weighted by molar-refractivity contribution is 7.52. The average molecular weight is 568 g/mol. The molecular weight excluding hydrogens is 536 g/mol. The second kappa shape index (κ2) is 11.8. The highest BCUT2D eigenvalue weighted by Gasteiger charge is 2.47. The lowest BCUT2D eigenvalue weighted by Crippen LogP contribution is -2.37. The lowest BCUT2D eigenvalue weighted by molar-refractivity contribution is -0.149. The molecule has 6 atom stereocenters. The Kier molecular flexibility index (Phi) is 8.67. The number of nitrogens with two attached hydrogens (primary N) is 1. The second-order valence-corrected chi connectivity index (χ2v) is 10.7. The predicted octanol–water partition coefficient (Wildman–Crippen LogP) is 2.18. The topological polar surface area (TPSA) is 185 Å². The molecule has 1 aliphatic heterocycles. The van der Waals surface area contributed by atoms with Crippen molar-refractivity contribution in [3.05, 3.63) is 36.7 Å². The van der Waals surface area contributed by atoms with Gasteiger partial charge in [-0.1, -0.05) is 18.2 Å². The number of aliphatic hydroxyl groups is 1. The van der Waals surface area contributed by atoms with Gasteiger partial charge in [0, 0.05) is 7.05 Å². The number of carbonyl (C=O) groups excluding carboxylic acids is 1. The van der Waals surface area contributed by atoms with Crippen LogP contribution in [0, 0.1) is 0 Å². The van der Waals surface area contributed by atoms with Crippen LogP contribution in [-0.4, -0.2) is 74.8 Å². The Morgan fingerprint density at radius 2 is 2.00 bits per heavy atom. The van der Waals surface area contributed by atoms with Gasteiger partial charge in [0.15, 0.2) is 29.4 Å². The number of benzene rings is 1. The number of fused-ring (bicyclic) bond motifs is 1. The Balaban J connectivity index is 1.52. The molecule has 3 heterocycles. The van der Waals surface area contributed by atoms with Gasteiger partial charge < -0.3 is 30.2 Å². The molecule has 0 spiro atoms. The standard InChI is InChI=1S/C23H31FN7O7P/c1-12(2)36-22(33)13(3)30-39(34,38-14-8-6-5-7-9-14)35-10-15-18(32)16(24)21(37-15)31-11-27-17-19(26-4)28-23(25)29-20(17)31/h5-9,11-13,15-16,18,21,32H,10H2,1-4H3,(H,30,34)(H3,25,26,28,29)/t13-,15+,16+,18+,21+,39+/m0/s1. The Morgan fingerprint density at radius 1 is 1.28 bits per heavy atom. The largest absolute Gasteiger partial charge is 0.462 e. The molecule has 1 saturated heterocycles. The van der Waals surface area contributed by atoms with E-state index in [1.54, 1.807) is 51.2 Å². The highest BCUT2D eigenvalue weighted by atomic mass is 31.2. The zero-order valence-electron chi connectivity index (χ0n) is 21.7. The van der Waals surface area contributed by atoms with Crippen LogP contribution < -0.4 is 20.7 Å². The van der Waals surface area contributed by atoms with Crippen molar-refractivity contribution < 1.29 is 37.4 Å². The minimum Gasteiger partial charge on any atom is -0.462 e. The van der Waals surface area contributed by atoms with E-state index in [4.69, 9.17) is 24.3 Å². The Hall–Kier alpha value is -3.36. The summed E-state index contributed by atoms with van der Waals surface area (Å²) in [7, 11) is -2.64. The van der Waals surface area contributed by atoms with Crippen LogP contribution in [0.25, 0.3) is 11.2 Å². The molecular formula is C23H31FN7O7P. The molecule has 4 rings (SSSR count). The van der Waals surface area contributed by atoms with Crippen LogP contribution in [0.15, 0.2) is 36.7 Å². The molecule has 14 nitrogen and oxygen atoms in total. The summed E-state index contributed by atoms with van der Waals surface area (Å²) in [4.78, 5) is 24.7. The summed E-state index contributed by atoms with van der Waals surface area (Å²) in [5, 5.41) is 16.0. The molecule has 1 fully saturated rings. The first-order chi connectivity index (χ1) is 18.5. The summed E-state index contributed by atoms with van der Waals surface area (Å²) in [5.41, 5.74) is 6.28. The number of nitrogens with one attached hydrogen (secondary N) is 2. The number of carbonyl (C=O) groups is 1. The predicted molar refractivity (Wildman–Crippen MR) is 139 cm³/mol. The number of rotatable bonds is 11. The maximum Gasteiger partial charge on any atom is 0.459 e. The van der Waals surface area contributed by atoms with E-state index in [2.05, 4.69) is 25.4 Å². The molecule has 0 saturated carbocycles. The van der Waals surface area contributed by atoms with Crippen molar-refractivity contribution in [2.75, 3.05) is 24.7 Å². The molecule has 5 N–H and O–H groups in total. The minimum absolute atomic E-state index is 0.0716. The second-order valence-electron chi connectivity index (χ2n) is 9.04. The van der Waals surface area contributed by atoms with Crippen molar-refractivity contribution in [1.82, 2.24) is 24.6 Å². The van der Waals surface area contributed by atoms with E-state index in [1.165, 1.54) is 17.8 Å². The number of nitrogen functional groups attached to an aromatic ring is 1. The third-order valence-electron chi connectivity index (χ3n) is 5.68. The molecule has 3 aromatic rings. The third-order valence-corrected chi connectivity index (χ3v) is 7.32. The van der Waals surface area contributed by atoms with Gasteiger partial charge in [-0.3, -0.25) is 13.9 Å². The number of hydrogen-bond acceptors (Lipinski definition) is 12. The number of alkyl halides is 1. The first kappa shape index (κ1) is 28.6. The smallest absolute Gasteiger partial charge is 0.459 e. The van der Waals surface area contributed by atoms with Crippen LogP contribution in [0.4, 0.5) is 16.2 Å². The fraction of sp³-hybridized carbons (Fsp3) is 0.478. The number of aromatic nitrogens is 4. The van der Waals surface area contributed by atoms with E-state index in [0.29, 0.717) is 11.3 Å². The Labute approximate surface area is 223 Å². The minimum atomic E-state index is -4.26. The molecule has 16 heteroatoms. The molecule has 0 aliphatic carbocycles. The van der Waals surface area contributed by atoms with Gasteiger partial charge in [0.2, 0.25) is 5.95 Å². The summed E-state index contributed by atoms with van der Waals surface area (Å²) in [6.07, 6.45) is -5.31. The van der Waals surface area contributed by atoms with E-state index in [-0.39, 0.29) is 17.3 Å². The molecule has 0 radical (unpaired) electrons. The lowest BCUT2D eigenvalue weighted by Gasteiger charge is -2.25. The number of imidazole rings is 1. The van der Waals surface area contributed by atoms with E-state index < -0.39 is 57.1 Å². The van der Waals surface area contributed by atoms with Gasteiger partial charge in [0.25, 0.3) is 0 Å². The normalized spacial score (nSPS) is 23.5. The summed E-state index contributed by atoms with van der Waals surface area (Å²) in [5.74, 6) is -0.229. The number of para-hydroxylation sites is 1. The van der Waals surface area contributed by atoms with Crippen molar-refractivity contribution in [3.63, 3.8) is 0 Å². The number of nitrogens with zero attached hydrogens (tertiary/aromatic N) is 4. The molecule has 2 aromatic heterocycles. The number of anilines is 2. The van der Waals surface area contributed by atoms with Crippen LogP contribution in [0.3, 0.4) is 0 Å². The van der Waals surface area contributed by atoms with E-state index in [9.17, 15) is 14.5 Å². The highest BCUT2D eigenvalue weighted by Crippen LogP contribution is 2.46. The number of halogens is 1. The zero-order chi connectivity index (χ0) is 28.3. The van der Waals surface area contributed by atoms with Crippen LogP contribution >= 0.6 is 7.75 Å². The lowest BCUT2D eigenvalue weighted by atomic mass is 10.1. The van der Waals surface area contributed by atoms with Crippen molar-refractivity contribution in [3.8, 4) is 5.75 Å². The molecule has 0 bridgehead atoms.